The molecule has 8 aliphatic heterocycles. The Balaban J connectivity index is -0.0000000516. The molecule has 12 rings (SSSR count). The summed E-state index contributed by atoms with van der Waals surface area (Å²) in [6.07, 6.45) is 31.3. The summed E-state index contributed by atoms with van der Waals surface area (Å²) >= 11 is 2.07. The average molecular weight is 2000 g/mol. The largest absolute Gasteiger partial charge is 0.379 e. The average Bonchev–Trinajstić information content (AvgIpc) is 1.74. The van der Waals surface area contributed by atoms with Crippen molar-refractivity contribution in [2.45, 2.75) is 562 Å². The SMILES string of the molecule is C.C.C.C.C.C.C.C.CC.CC.CC.CC.CC.CC.CC.CC.CC.CC.CC.CC.CC.CC(C)N.CC(C)N1CC1.CC(C)N1CCC1.CC(C)N1CCCC1.CC(C)N1CCCCC1.CC(C)N1CCCCCC1.CC(C)N1CCN(C)CC1.CC(C)N1CCOCC1.CC(C)N1CCSCC1.CC(C)n1cccc1.CC(C)n1cccn1.CC(C)n1ccnc1.CC(C)n1ccnn1. The van der Waals surface area contributed by atoms with Gasteiger partial charge >= 0.3 is 0 Å². The lowest BCUT2D eigenvalue weighted by molar-refractivity contribution is 0.0238. The van der Waals surface area contributed by atoms with Crippen molar-refractivity contribution >= 4 is 11.8 Å². The Morgan fingerprint density at radius 2 is 0.500 bits per heavy atom. The van der Waals surface area contributed by atoms with Gasteiger partial charge in [0.1, 0.15) is 0 Å². The van der Waals surface area contributed by atoms with E-state index in [9.17, 15) is 0 Å². The highest BCUT2D eigenvalue weighted by Gasteiger charge is 2.20. The monoisotopic (exact) mass is 2000 g/mol. The number of imidazole rings is 1. The Hall–Kier alpha value is -3.25. The fourth-order valence-electron chi connectivity index (χ4n) is 11.6. The fraction of sp³-hybridized carbons (Fsp3) is 0.898. The van der Waals surface area contributed by atoms with Gasteiger partial charge in [0.2, 0.25) is 0 Å². The smallest absolute Gasteiger partial charge is 0.0948 e. The van der Waals surface area contributed by atoms with E-state index in [1.807, 2.05) is 242 Å². The molecule has 138 heavy (non-hydrogen) atoms. The predicted molar refractivity (Wildman–Crippen MR) is 657 cm³/mol. The number of likely N-dealkylation sites (N-methyl/N-ethyl adjacent to an activating group) is 1. The van der Waals surface area contributed by atoms with Gasteiger partial charge in [-0.15, -0.1) is 5.10 Å². The summed E-state index contributed by atoms with van der Waals surface area (Å²) in [5, 5.41) is 11.5. The Kier molecular flexibility index (Phi) is 208. The van der Waals surface area contributed by atoms with Gasteiger partial charge in [-0.25, -0.2) is 4.98 Å². The number of ether oxygens (including phenoxy) is 1. The fourth-order valence-corrected chi connectivity index (χ4v) is 12.5. The number of thioether (sulfide) groups is 1. The summed E-state index contributed by atoms with van der Waals surface area (Å²) in [4.78, 5) is 26.4. The van der Waals surface area contributed by atoms with Crippen LogP contribution in [0.1, 0.15) is 508 Å². The Morgan fingerprint density at radius 3 is 0.674 bits per heavy atom. The van der Waals surface area contributed by atoms with Crippen LogP contribution in [0.25, 0.3) is 0 Å². The van der Waals surface area contributed by atoms with Gasteiger partial charge in [0, 0.05) is 193 Å². The van der Waals surface area contributed by atoms with E-state index in [0.29, 0.717) is 36.3 Å². The summed E-state index contributed by atoms with van der Waals surface area (Å²) in [7, 11) is 2.19. The zero-order valence-corrected chi connectivity index (χ0v) is 99.9. The highest BCUT2D eigenvalue weighted by atomic mass is 32.2. The second kappa shape index (κ2) is 151. The molecule has 0 aliphatic carbocycles. The van der Waals surface area contributed by atoms with E-state index in [2.05, 4.69) is 271 Å². The first kappa shape index (κ1) is 190. The summed E-state index contributed by atoms with van der Waals surface area (Å²) < 4.78 is 13.2. The number of nitrogens with two attached hydrogens (primary N) is 1. The van der Waals surface area contributed by atoms with Crippen LogP contribution >= 0.6 is 11.8 Å². The molecule has 19 nitrogen and oxygen atoms in total. The van der Waals surface area contributed by atoms with Crippen LogP contribution in [0, 0.1) is 0 Å². The molecule has 856 valence electrons. The van der Waals surface area contributed by atoms with Crippen molar-refractivity contribution in [3.8, 4) is 0 Å². The number of likely N-dealkylation sites (tertiary alicyclic amines) is 4. The quantitative estimate of drug-likeness (QED) is 0.135. The summed E-state index contributed by atoms with van der Waals surface area (Å²) in [5.41, 5.74) is 5.11. The van der Waals surface area contributed by atoms with Gasteiger partial charge in [-0.05, 0) is 295 Å². The number of piperazine rings is 1. The van der Waals surface area contributed by atoms with Gasteiger partial charge in [-0.2, -0.15) is 16.9 Å². The van der Waals surface area contributed by atoms with Gasteiger partial charge in [-0.3, -0.25) is 29.0 Å². The highest BCUT2D eigenvalue weighted by Crippen LogP contribution is 2.16. The molecule has 20 heteroatoms. The van der Waals surface area contributed by atoms with Gasteiger partial charge < -0.3 is 44.1 Å². The van der Waals surface area contributed by atoms with E-state index < -0.39 is 0 Å². The molecule has 12 heterocycles. The third kappa shape index (κ3) is 133. The molecule has 8 aliphatic rings. The molecule has 0 bridgehead atoms. The molecule has 0 atom stereocenters. The summed E-state index contributed by atoms with van der Waals surface area (Å²) in [6, 6.07) is 14.5. The zero-order valence-electron chi connectivity index (χ0n) is 99.1. The van der Waals surface area contributed by atoms with Crippen molar-refractivity contribution in [2.24, 2.45) is 5.73 Å². The second-order valence-corrected chi connectivity index (χ2v) is 34.0. The lowest BCUT2D eigenvalue weighted by atomic mass is 10.1. The van der Waals surface area contributed by atoms with Crippen LogP contribution in [0.5, 0.6) is 0 Å². The minimum absolute atomic E-state index is 0. The van der Waals surface area contributed by atoms with E-state index in [1.54, 1.807) is 23.3 Å². The van der Waals surface area contributed by atoms with Crippen molar-refractivity contribution in [2.75, 3.05) is 150 Å². The molecular weight excluding hydrogens is 1720 g/mol. The maximum Gasteiger partial charge on any atom is 0.0948 e. The molecule has 0 spiro atoms. The molecule has 4 aromatic heterocycles. The molecule has 0 amide bonds. The van der Waals surface area contributed by atoms with Crippen LogP contribution in [0.2, 0.25) is 0 Å². The lowest BCUT2D eigenvalue weighted by Crippen LogP contribution is -2.47. The standard InChI is InChI=1S/C9H19N.C8H18N2.C8H17N.C7H15NO.C7H15NS.C7H15N.C7H11N.2C6H10N2.C6H13N.C5H9N3.C5H11N.C3H9N.13C2H6.8CH4/c1-9(2)10-7-5-3-4-6-8-10;1-8(2)10-6-4-9(3)5-7-10;1-8(2)9-6-4-3-5-7-9;2*1-7(2)8-3-5-9-6-4-8;2*1-7(2)8-5-3-4-6-8;1-6(2)8-4-3-7-5-8;1-6(2)8-5-3-4-7-8;1-6(2)7-4-3-5-7;1-5(2)8-4-3-6-7-8;1-5(2)6-3-4-6;1-3(2)4;13*1-2;;;;;;;;/h9H,3-8H2,1-2H3;8H,4-7H2,1-3H3;8H,3-7H2,1-2H3;2*7H,3-6H2,1-2H3;7H,3-6H2,1-2H3;3-7H,1-2H3;2*3-6H,1-2H3;6H,3-5H2,1-2H3;3-5H,1-2H3;5H,3-4H2,1-2H3;3H,4H2,1-2H3;13*1-2H3;8*1H4. The molecule has 4 aromatic rings. The number of nitrogens with zero attached hydrogens (tertiary/aromatic N) is 17. The first-order valence-electron chi connectivity index (χ1n) is 54.8. The highest BCUT2D eigenvalue weighted by molar-refractivity contribution is 7.99. The third-order valence-electron chi connectivity index (χ3n) is 19.4. The molecule has 8 fully saturated rings. The Morgan fingerprint density at radius 1 is 0.246 bits per heavy atom. The predicted octanol–water partition coefficient (Wildman–Crippen LogP) is 34.9. The van der Waals surface area contributed by atoms with Crippen LogP contribution in [0.15, 0.2) is 74.1 Å². The van der Waals surface area contributed by atoms with Gasteiger partial charge in [-0.1, -0.05) is 278 Å². The van der Waals surface area contributed by atoms with Crippen LogP contribution in [0.3, 0.4) is 0 Å². The minimum Gasteiger partial charge on any atom is -0.379 e. The van der Waals surface area contributed by atoms with E-state index in [1.165, 1.54) is 180 Å². The van der Waals surface area contributed by atoms with Crippen LogP contribution in [0.4, 0.5) is 0 Å². The molecule has 0 aromatic carbocycles. The first-order chi connectivity index (χ1) is 62.3. The molecule has 8 saturated heterocycles. The number of piperidine rings is 1. The second-order valence-electron chi connectivity index (χ2n) is 32.7. The van der Waals surface area contributed by atoms with E-state index in [0.717, 1.165) is 68.6 Å². The van der Waals surface area contributed by atoms with Crippen molar-refractivity contribution < 1.29 is 4.74 Å². The van der Waals surface area contributed by atoms with Gasteiger partial charge in [0.15, 0.2) is 0 Å². The van der Waals surface area contributed by atoms with E-state index >= 15 is 0 Å². The number of morpholine rings is 1. The number of hydrogen-bond donors (Lipinski definition) is 1. The molecule has 0 saturated carbocycles. The van der Waals surface area contributed by atoms with Crippen molar-refractivity contribution in [1.82, 2.24) is 83.0 Å². The van der Waals surface area contributed by atoms with Crippen molar-refractivity contribution in [1.29, 1.82) is 0 Å². The molecule has 0 radical (unpaired) electrons. The molecular formula is C118H282N18OS. The van der Waals surface area contributed by atoms with Crippen LogP contribution in [-0.4, -0.2) is 287 Å². The van der Waals surface area contributed by atoms with Crippen molar-refractivity contribution in [3.63, 3.8) is 0 Å². The molecule has 0 unspecified atom stereocenters. The number of rotatable bonds is 12. The topological polar surface area (TPSA) is 135 Å². The van der Waals surface area contributed by atoms with Crippen LogP contribution < -0.4 is 5.73 Å². The Bertz CT molecular complexity index is 2130. The third-order valence-corrected chi connectivity index (χ3v) is 20.3. The van der Waals surface area contributed by atoms with E-state index in [4.69, 9.17) is 10.5 Å². The summed E-state index contributed by atoms with van der Waals surface area (Å²) in [6.45, 7) is 134. The zero-order chi connectivity index (χ0) is 104. The maximum absolute atomic E-state index is 5.21. The normalized spacial score (nSPS) is 14.6. The van der Waals surface area contributed by atoms with Gasteiger partial charge in [0.25, 0.3) is 0 Å². The first-order valence-corrected chi connectivity index (χ1v) is 55.9. The lowest BCUT2D eigenvalue weighted by Gasteiger charge is -2.34. The summed E-state index contributed by atoms with van der Waals surface area (Å²) in [5.74, 6) is 2.66. The van der Waals surface area contributed by atoms with E-state index in [-0.39, 0.29) is 59.4 Å². The minimum atomic E-state index is 0. The van der Waals surface area contributed by atoms with Crippen molar-refractivity contribution in [3.05, 3.63) is 74.1 Å². The Labute approximate surface area is 885 Å². The molecule has 2 N–H and O–H groups in total. The number of hydrogen-bond acceptors (Lipinski definition) is 16. The number of aromatic nitrogens is 8. The maximum atomic E-state index is 5.21. The van der Waals surface area contributed by atoms with Gasteiger partial charge in [0.05, 0.1) is 25.7 Å². The van der Waals surface area contributed by atoms with Crippen LogP contribution in [-0.2, 0) is 4.74 Å².